The van der Waals surface area contributed by atoms with Gasteiger partial charge in [0.25, 0.3) is 0 Å². The number of nitrogens with two attached hydrogens (primary N) is 1. The lowest BCUT2D eigenvalue weighted by Gasteiger charge is -2.36. The summed E-state index contributed by atoms with van der Waals surface area (Å²) < 4.78 is 5.28. The summed E-state index contributed by atoms with van der Waals surface area (Å²) in [5.74, 6) is 0. The minimum Gasteiger partial charge on any atom is -0.394 e. The number of nitrogens with zero attached hydrogens (tertiary/aromatic N) is 1. The van der Waals surface area contributed by atoms with Crippen molar-refractivity contribution in [2.24, 2.45) is 0 Å². The van der Waals surface area contributed by atoms with Gasteiger partial charge in [0.05, 0.1) is 18.3 Å². The molecule has 1 aromatic rings. The zero-order valence-electron chi connectivity index (χ0n) is 8.40. The molecule has 4 N–H and O–H groups in total. The van der Waals surface area contributed by atoms with Crippen LogP contribution in [-0.2, 0) is 4.74 Å². The number of thiazole rings is 1. The summed E-state index contributed by atoms with van der Waals surface area (Å²) in [6.07, 6.45) is 3.21. The van der Waals surface area contributed by atoms with E-state index in [1.807, 2.05) is 0 Å². The van der Waals surface area contributed by atoms with Crippen LogP contribution in [0.1, 0.15) is 12.8 Å². The average molecular weight is 229 g/mol. The molecule has 2 rings (SSSR count). The van der Waals surface area contributed by atoms with Crippen LogP contribution in [0.4, 0.5) is 10.1 Å². The van der Waals surface area contributed by atoms with Crippen molar-refractivity contribution in [3.63, 3.8) is 0 Å². The second-order valence-electron chi connectivity index (χ2n) is 3.74. The van der Waals surface area contributed by atoms with E-state index in [2.05, 4.69) is 10.3 Å². The maximum absolute atomic E-state index is 9.44. The molecule has 0 aromatic carbocycles. The van der Waals surface area contributed by atoms with Gasteiger partial charge in [0.2, 0.25) is 0 Å². The third kappa shape index (κ3) is 2.39. The topological polar surface area (TPSA) is 80.4 Å². The highest BCUT2D eigenvalue weighted by Gasteiger charge is 2.32. The lowest BCUT2D eigenvalue weighted by atomic mass is 9.91. The number of rotatable bonds is 3. The molecule has 0 atom stereocenters. The predicted molar refractivity (Wildman–Crippen MR) is 60.0 cm³/mol. The minimum atomic E-state index is -0.289. The second kappa shape index (κ2) is 4.34. The van der Waals surface area contributed by atoms with E-state index in [1.165, 1.54) is 11.3 Å². The monoisotopic (exact) mass is 229 g/mol. The minimum absolute atomic E-state index is 0.0931. The van der Waals surface area contributed by atoms with Gasteiger partial charge in [-0.1, -0.05) is 11.3 Å². The van der Waals surface area contributed by atoms with Gasteiger partial charge in [0.1, 0.15) is 5.00 Å². The zero-order chi connectivity index (χ0) is 10.7. The van der Waals surface area contributed by atoms with Crippen LogP contribution in [0.3, 0.4) is 0 Å². The Kier molecular flexibility index (Phi) is 3.08. The van der Waals surface area contributed by atoms with Crippen LogP contribution >= 0.6 is 11.3 Å². The normalized spacial score (nSPS) is 20.1. The molecule has 0 aliphatic carbocycles. The summed E-state index contributed by atoms with van der Waals surface area (Å²) in [6.45, 7) is 1.44. The molecule has 1 aliphatic rings. The quantitative estimate of drug-likeness (QED) is 0.710. The molecule has 1 saturated heterocycles. The van der Waals surface area contributed by atoms with Crippen molar-refractivity contribution >= 4 is 21.5 Å². The smallest absolute Gasteiger partial charge is 0.185 e. The Bertz CT molecular complexity index is 323. The van der Waals surface area contributed by atoms with Crippen LogP contribution in [0.5, 0.6) is 0 Å². The first kappa shape index (κ1) is 10.7. The molecule has 0 spiro atoms. The molecule has 0 radical (unpaired) electrons. The van der Waals surface area contributed by atoms with Crippen LogP contribution in [0, 0.1) is 0 Å². The fourth-order valence-corrected chi connectivity index (χ4v) is 2.36. The number of nitrogens with one attached hydrogen (secondary N) is 1. The van der Waals surface area contributed by atoms with Gasteiger partial charge < -0.3 is 20.9 Å². The molecule has 6 heteroatoms. The first-order valence-electron chi connectivity index (χ1n) is 4.92. The lowest BCUT2D eigenvalue weighted by Crippen LogP contribution is -2.46. The zero-order valence-corrected chi connectivity index (χ0v) is 9.22. The van der Waals surface area contributed by atoms with Gasteiger partial charge in [0, 0.05) is 13.2 Å². The summed E-state index contributed by atoms with van der Waals surface area (Å²) >= 11 is 1.40. The number of ether oxygens (including phenoxy) is 1. The molecule has 1 fully saturated rings. The van der Waals surface area contributed by atoms with E-state index < -0.39 is 0 Å². The summed E-state index contributed by atoms with van der Waals surface area (Å²) in [5, 5.41) is 14.1. The van der Waals surface area contributed by atoms with Crippen molar-refractivity contribution in [3.8, 4) is 0 Å². The molecule has 2 heterocycles. The Labute approximate surface area is 92.3 Å². The van der Waals surface area contributed by atoms with Crippen LogP contribution in [0.2, 0.25) is 0 Å². The van der Waals surface area contributed by atoms with E-state index in [1.54, 1.807) is 6.20 Å². The van der Waals surface area contributed by atoms with Crippen molar-refractivity contribution in [2.45, 2.75) is 18.4 Å². The molecular formula is C9H15N3O2S. The Hall–Kier alpha value is -0.850. The van der Waals surface area contributed by atoms with Crippen molar-refractivity contribution in [3.05, 3.63) is 6.20 Å². The van der Waals surface area contributed by atoms with Crippen molar-refractivity contribution in [2.75, 3.05) is 30.9 Å². The van der Waals surface area contributed by atoms with Crippen molar-refractivity contribution in [1.29, 1.82) is 0 Å². The SMILES string of the molecule is Nc1cnc(NC2(CO)CCOCC2)s1. The standard InChI is InChI=1S/C9H15N3O2S/c10-7-5-11-8(15-7)12-9(6-13)1-3-14-4-2-9/h5,13H,1-4,6,10H2,(H,11,12). The third-order valence-corrected chi connectivity index (χ3v) is 3.39. The molecule has 5 nitrogen and oxygen atoms in total. The van der Waals surface area contributed by atoms with E-state index >= 15 is 0 Å². The molecular weight excluding hydrogens is 214 g/mol. The first-order chi connectivity index (χ1) is 7.24. The fraction of sp³-hybridized carbons (Fsp3) is 0.667. The van der Waals surface area contributed by atoms with Gasteiger partial charge in [-0.25, -0.2) is 4.98 Å². The molecule has 0 amide bonds. The van der Waals surface area contributed by atoms with E-state index in [0.717, 1.165) is 18.0 Å². The molecule has 0 saturated carbocycles. The summed E-state index contributed by atoms with van der Waals surface area (Å²) in [6, 6.07) is 0. The maximum atomic E-state index is 9.44. The maximum Gasteiger partial charge on any atom is 0.185 e. The number of hydrogen-bond donors (Lipinski definition) is 3. The Balaban J connectivity index is 2.06. The van der Waals surface area contributed by atoms with E-state index in [9.17, 15) is 5.11 Å². The fourth-order valence-electron chi connectivity index (χ4n) is 1.66. The van der Waals surface area contributed by atoms with E-state index in [0.29, 0.717) is 18.2 Å². The van der Waals surface area contributed by atoms with Crippen molar-refractivity contribution in [1.82, 2.24) is 4.98 Å². The largest absolute Gasteiger partial charge is 0.394 e. The van der Waals surface area contributed by atoms with Gasteiger partial charge in [0.15, 0.2) is 5.13 Å². The Morgan fingerprint density at radius 2 is 2.33 bits per heavy atom. The third-order valence-electron chi connectivity index (χ3n) is 2.65. The lowest BCUT2D eigenvalue weighted by molar-refractivity contribution is 0.0380. The van der Waals surface area contributed by atoms with Crippen LogP contribution in [0.15, 0.2) is 6.20 Å². The number of aliphatic hydroxyl groups excluding tert-OH is 1. The molecule has 1 aliphatic heterocycles. The highest BCUT2D eigenvalue weighted by molar-refractivity contribution is 7.19. The second-order valence-corrected chi connectivity index (χ2v) is 4.81. The van der Waals surface area contributed by atoms with E-state index in [-0.39, 0.29) is 12.1 Å². The van der Waals surface area contributed by atoms with E-state index in [4.69, 9.17) is 10.5 Å². The number of aliphatic hydroxyl groups is 1. The number of anilines is 2. The van der Waals surface area contributed by atoms with Gasteiger partial charge in [-0.05, 0) is 12.8 Å². The molecule has 0 bridgehead atoms. The summed E-state index contributed by atoms with van der Waals surface area (Å²) in [5.41, 5.74) is 5.31. The predicted octanol–water partition coefficient (Wildman–Crippen LogP) is 0.679. The average Bonchev–Trinajstić information content (AvgIpc) is 2.65. The Morgan fingerprint density at radius 3 is 2.87 bits per heavy atom. The summed E-state index contributed by atoms with van der Waals surface area (Å²) in [4.78, 5) is 4.13. The molecule has 0 unspecified atom stereocenters. The van der Waals surface area contributed by atoms with Crippen LogP contribution in [-0.4, -0.2) is 35.5 Å². The van der Waals surface area contributed by atoms with Crippen LogP contribution < -0.4 is 11.1 Å². The first-order valence-corrected chi connectivity index (χ1v) is 5.74. The van der Waals surface area contributed by atoms with Gasteiger partial charge >= 0.3 is 0 Å². The number of hydrogen-bond acceptors (Lipinski definition) is 6. The van der Waals surface area contributed by atoms with Gasteiger partial charge in [-0.2, -0.15) is 0 Å². The van der Waals surface area contributed by atoms with Crippen LogP contribution in [0.25, 0.3) is 0 Å². The van der Waals surface area contributed by atoms with Gasteiger partial charge in [-0.3, -0.25) is 0 Å². The van der Waals surface area contributed by atoms with Crippen molar-refractivity contribution < 1.29 is 9.84 Å². The molecule has 1 aromatic heterocycles. The molecule has 15 heavy (non-hydrogen) atoms. The summed E-state index contributed by atoms with van der Waals surface area (Å²) in [7, 11) is 0. The number of aromatic nitrogens is 1. The van der Waals surface area contributed by atoms with Gasteiger partial charge in [-0.15, -0.1) is 0 Å². The Morgan fingerprint density at radius 1 is 1.60 bits per heavy atom. The number of nitrogen functional groups attached to an aromatic ring is 1. The molecule has 84 valence electrons. The highest BCUT2D eigenvalue weighted by atomic mass is 32.1. The highest BCUT2D eigenvalue weighted by Crippen LogP contribution is 2.28.